The molecule has 2 N–H and O–H groups in total. The number of halogens is 3. The van der Waals surface area contributed by atoms with Gasteiger partial charge >= 0.3 is 6.18 Å². The van der Waals surface area contributed by atoms with Gasteiger partial charge in [-0.2, -0.15) is 13.2 Å². The summed E-state index contributed by atoms with van der Waals surface area (Å²) in [5, 5.41) is 0. The summed E-state index contributed by atoms with van der Waals surface area (Å²) in [5.41, 5.74) is 6.47. The third kappa shape index (κ3) is 3.13. The Kier molecular flexibility index (Phi) is 3.80. The fourth-order valence-electron chi connectivity index (χ4n) is 1.37. The third-order valence-corrected chi connectivity index (χ3v) is 2.30. The molecule has 0 fully saturated rings. The number of hydrogen-bond donors (Lipinski definition) is 1. The van der Waals surface area contributed by atoms with Gasteiger partial charge in [-0.15, -0.1) is 0 Å². The molecule has 1 unspecified atom stereocenters. The molecule has 1 atom stereocenters. The Morgan fingerprint density at radius 1 is 1.38 bits per heavy atom. The molecule has 2 nitrogen and oxygen atoms in total. The molecule has 0 saturated heterocycles. The van der Waals surface area contributed by atoms with E-state index in [9.17, 15) is 13.2 Å². The predicted molar refractivity (Wildman–Crippen MR) is 55.5 cm³/mol. The molecule has 0 heterocycles. The van der Waals surface area contributed by atoms with Gasteiger partial charge in [-0.05, 0) is 30.5 Å². The monoisotopic (exact) mass is 233 g/mol. The summed E-state index contributed by atoms with van der Waals surface area (Å²) in [6.07, 6.45) is -4.65. The van der Waals surface area contributed by atoms with Gasteiger partial charge in [0.15, 0.2) is 0 Å². The number of benzene rings is 1. The first-order chi connectivity index (χ1) is 7.34. The number of alkyl halides is 3. The second kappa shape index (κ2) is 4.74. The van der Waals surface area contributed by atoms with Crippen LogP contribution >= 0.6 is 0 Å². The van der Waals surface area contributed by atoms with Crippen molar-refractivity contribution in [2.75, 3.05) is 7.11 Å². The van der Waals surface area contributed by atoms with E-state index in [-0.39, 0.29) is 6.42 Å². The van der Waals surface area contributed by atoms with Crippen molar-refractivity contribution in [3.8, 4) is 5.75 Å². The van der Waals surface area contributed by atoms with Crippen molar-refractivity contribution in [3.63, 3.8) is 0 Å². The summed E-state index contributed by atoms with van der Waals surface area (Å²) in [4.78, 5) is 0. The maximum absolute atomic E-state index is 12.3. The number of aryl methyl sites for hydroxylation is 1. The zero-order valence-corrected chi connectivity index (χ0v) is 9.14. The first-order valence-electron chi connectivity index (χ1n) is 4.80. The van der Waals surface area contributed by atoms with Gasteiger partial charge in [0.25, 0.3) is 0 Å². The van der Waals surface area contributed by atoms with Gasteiger partial charge in [-0.1, -0.05) is 12.1 Å². The van der Waals surface area contributed by atoms with E-state index in [0.717, 1.165) is 5.56 Å². The minimum atomic E-state index is -4.38. The van der Waals surface area contributed by atoms with E-state index in [1.54, 1.807) is 18.2 Å². The van der Waals surface area contributed by atoms with Crippen molar-refractivity contribution in [1.29, 1.82) is 0 Å². The number of rotatable bonds is 3. The van der Waals surface area contributed by atoms with Crippen LogP contribution < -0.4 is 10.5 Å². The Balaban J connectivity index is 2.89. The quantitative estimate of drug-likeness (QED) is 0.870. The first-order valence-corrected chi connectivity index (χ1v) is 4.80. The molecule has 0 aliphatic rings. The number of nitrogens with two attached hydrogens (primary N) is 1. The Morgan fingerprint density at radius 2 is 2.00 bits per heavy atom. The normalized spacial score (nSPS) is 13.6. The highest BCUT2D eigenvalue weighted by molar-refractivity contribution is 5.37. The molecule has 0 aromatic heterocycles. The summed E-state index contributed by atoms with van der Waals surface area (Å²) >= 11 is 0. The predicted octanol–water partition coefficient (Wildman–Crippen LogP) is 2.44. The Bertz CT molecular complexity index is 363. The Hall–Kier alpha value is -1.23. The lowest BCUT2D eigenvalue weighted by atomic mass is 10.0. The summed E-state index contributed by atoms with van der Waals surface area (Å²) in [5.74, 6) is 0.444. The number of ether oxygens (including phenoxy) is 1. The molecule has 5 heteroatoms. The molecule has 90 valence electrons. The summed E-state index contributed by atoms with van der Waals surface area (Å²) < 4.78 is 41.9. The maximum atomic E-state index is 12.3. The lowest BCUT2D eigenvalue weighted by Crippen LogP contribution is -2.39. The molecule has 16 heavy (non-hydrogen) atoms. The molecule has 1 rings (SSSR count). The topological polar surface area (TPSA) is 35.2 Å². The van der Waals surface area contributed by atoms with E-state index in [1.807, 2.05) is 6.92 Å². The fraction of sp³-hybridized carbons (Fsp3) is 0.455. The van der Waals surface area contributed by atoms with Crippen LogP contribution in [0.15, 0.2) is 18.2 Å². The van der Waals surface area contributed by atoms with Crippen LogP contribution in [0.25, 0.3) is 0 Å². The fourth-order valence-corrected chi connectivity index (χ4v) is 1.37. The van der Waals surface area contributed by atoms with Crippen molar-refractivity contribution in [2.45, 2.75) is 25.6 Å². The highest BCUT2D eigenvalue weighted by Crippen LogP contribution is 2.26. The van der Waals surface area contributed by atoms with Gasteiger partial charge in [0.05, 0.1) is 7.11 Å². The second-order valence-corrected chi connectivity index (χ2v) is 3.67. The van der Waals surface area contributed by atoms with Gasteiger partial charge in [0.2, 0.25) is 0 Å². The minimum Gasteiger partial charge on any atom is -0.496 e. The van der Waals surface area contributed by atoms with Gasteiger partial charge in [0.1, 0.15) is 11.8 Å². The number of hydrogen-bond acceptors (Lipinski definition) is 2. The van der Waals surface area contributed by atoms with Crippen LogP contribution in [0.1, 0.15) is 11.1 Å². The average molecular weight is 233 g/mol. The molecule has 1 aromatic carbocycles. The van der Waals surface area contributed by atoms with E-state index in [0.29, 0.717) is 11.3 Å². The molecule has 1 aromatic rings. The molecule has 0 bridgehead atoms. The highest BCUT2D eigenvalue weighted by atomic mass is 19.4. The van der Waals surface area contributed by atoms with Crippen LogP contribution in [0.4, 0.5) is 13.2 Å². The van der Waals surface area contributed by atoms with Crippen LogP contribution in [0, 0.1) is 6.92 Å². The van der Waals surface area contributed by atoms with E-state index in [4.69, 9.17) is 10.5 Å². The van der Waals surface area contributed by atoms with Crippen molar-refractivity contribution < 1.29 is 17.9 Å². The van der Waals surface area contributed by atoms with Crippen LogP contribution in [-0.4, -0.2) is 19.3 Å². The minimum absolute atomic E-state index is 0.271. The molecule has 0 aliphatic carbocycles. The van der Waals surface area contributed by atoms with Gasteiger partial charge in [-0.3, -0.25) is 0 Å². The highest BCUT2D eigenvalue weighted by Gasteiger charge is 2.36. The molecule has 0 saturated carbocycles. The standard InChI is InChI=1S/C11H14F3NO/c1-7-3-4-8(9(5-7)16-2)6-10(15)11(12,13)14/h3-5,10H,6,15H2,1-2H3. The molecule has 0 spiro atoms. The molecular formula is C11H14F3NO. The lowest BCUT2D eigenvalue weighted by Gasteiger charge is -2.17. The zero-order valence-electron chi connectivity index (χ0n) is 9.14. The van der Waals surface area contributed by atoms with Crippen molar-refractivity contribution in [1.82, 2.24) is 0 Å². The van der Waals surface area contributed by atoms with E-state index >= 15 is 0 Å². The van der Waals surface area contributed by atoms with Crippen LogP contribution in [0.3, 0.4) is 0 Å². The average Bonchev–Trinajstić information content (AvgIpc) is 2.19. The third-order valence-electron chi connectivity index (χ3n) is 2.30. The van der Waals surface area contributed by atoms with Crippen molar-refractivity contribution in [3.05, 3.63) is 29.3 Å². The summed E-state index contributed by atoms with van der Waals surface area (Å²) in [6, 6.07) is 3.18. The summed E-state index contributed by atoms with van der Waals surface area (Å²) in [6.45, 7) is 1.84. The van der Waals surface area contributed by atoms with Crippen LogP contribution in [0.5, 0.6) is 5.75 Å². The zero-order chi connectivity index (χ0) is 12.3. The van der Waals surface area contributed by atoms with E-state index in [1.165, 1.54) is 7.11 Å². The van der Waals surface area contributed by atoms with E-state index in [2.05, 4.69) is 0 Å². The van der Waals surface area contributed by atoms with Gasteiger partial charge in [0, 0.05) is 0 Å². The molecular weight excluding hydrogens is 219 g/mol. The number of methoxy groups -OCH3 is 1. The van der Waals surface area contributed by atoms with Crippen molar-refractivity contribution >= 4 is 0 Å². The molecule has 0 radical (unpaired) electrons. The Morgan fingerprint density at radius 3 is 2.50 bits per heavy atom. The largest absolute Gasteiger partial charge is 0.496 e. The smallest absolute Gasteiger partial charge is 0.403 e. The Labute approximate surface area is 92.2 Å². The molecule has 0 amide bonds. The van der Waals surface area contributed by atoms with Crippen LogP contribution in [-0.2, 0) is 6.42 Å². The van der Waals surface area contributed by atoms with Crippen molar-refractivity contribution in [2.24, 2.45) is 5.73 Å². The first kappa shape index (κ1) is 12.8. The maximum Gasteiger partial charge on any atom is 0.403 e. The molecule has 0 aliphatic heterocycles. The second-order valence-electron chi connectivity index (χ2n) is 3.67. The lowest BCUT2D eigenvalue weighted by molar-refractivity contribution is -0.147. The van der Waals surface area contributed by atoms with E-state index < -0.39 is 12.2 Å². The SMILES string of the molecule is COc1cc(C)ccc1CC(N)C(F)(F)F. The summed E-state index contributed by atoms with van der Waals surface area (Å²) in [7, 11) is 1.43. The van der Waals surface area contributed by atoms with Crippen LogP contribution in [0.2, 0.25) is 0 Å². The van der Waals surface area contributed by atoms with Gasteiger partial charge < -0.3 is 10.5 Å². The van der Waals surface area contributed by atoms with Gasteiger partial charge in [-0.25, -0.2) is 0 Å².